The van der Waals surface area contributed by atoms with E-state index in [9.17, 15) is 17.2 Å². The van der Waals surface area contributed by atoms with Crippen LogP contribution in [0, 0.1) is 11.6 Å². The van der Waals surface area contributed by atoms with Gasteiger partial charge in [-0.05, 0) is 40.2 Å². The molecule has 112 valence electrons. The lowest BCUT2D eigenvalue weighted by molar-refractivity contribution is 0.581. The van der Waals surface area contributed by atoms with Gasteiger partial charge in [0.05, 0.1) is 15.8 Å². The molecule has 5 N–H and O–H groups in total. The van der Waals surface area contributed by atoms with E-state index in [4.69, 9.17) is 10.9 Å². The van der Waals surface area contributed by atoms with Gasteiger partial charge in [0.2, 0.25) is 10.0 Å². The van der Waals surface area contributed by atoms with E-state index in [0.717, 1.165) is 0 Å². The van der Waals surface area contributed by atoms with Crippen LogP contribution >= 0.6 is 15.9 Å². The molecule has 0 heterocycles. The van der Waals surface area contributed by atoms with Crippen molar-refractivity contribution in [2.75, 3.05) is 11.1 Å². The second kappa shape index (κ2) is 5.58. The molecule has 0 atom stereocenters. The molecular weight excluding hydrogens is 368 g/mol. The zero-order chi connectivity index (χ0) is 15.8. The van der Waals surface area contributed by atoms with Crippen LogP contribution in [0.15, 0.2) is 39.7 Å². The smallest absolute Gasteiger partial charge is 0.240 e. The quantitative estimate of drug-likeness (QED) is 0.565. The van der Waals surface area contributed by atoms with Crippen molar-refractivity contribution in [2.45, 2.75) is 4.90 Å². The van der Waals surface area contributed by atoms with E-state index < -0.39 is 21.7 Å². The molecule has 2 rings (SSSR count). The highest BCUT2D eigenvalue weighted by molar-refractivity contribution is 9.10. The maximum atomic E-state index is 13.6. The summed E-state index contributed by atoms with van der Waals surface area (Å²) in [6, 6.07) is 5.79. The summed E-state index contributed by atoms with van der Waals surface area (Å²) in [7, 11) is -3.93. The van der Waals surface area contributed by atoms with Crippen LogP contribution in [0.3, 0.4) is 0 Å². The average molecular weight is 378 g/mol. The van der Waals surface area contributed by atoms with Crippen LogP contribution in [-0.4, -0.2) is 8.42 Å². The lowest BCUT2D eigenvalue weighted by atomic mass is 10.2. The highest BCUT2D eigenvalue weighted by Crippen LogP contribution is 2.28. The molecule has 0 saturated carbocycles. The molecule has 0 aliphatic carbocycles. The van der Waals surface area contributed by atoms with Gasteiger partial charge in [0.15, 0.2) is 0 Å². The monoisotopic (exact) mass is 377 g/mol. The van der Waals surface area contributed by atoms with Gasteiger partial charge < -0.3 is 11.1 Å². The van der Waals surface area contributed by atoms with Crippen LogP contribution in [0.5, 0.6) is 0 Å². The van der Waals surface area contributed by atoms with Gasteiger partial charge in [0.1, 0.15) is 16.5 Å². The summed E-state index contributed by atoms with van der Waals surface area (Å²) in [5.41, 5.74) is 5.85. The van der Waals surface area contributed by atoms with E-state index in [1.807, 2.05) is 0 Å². The fourth-order valence-corrected chi connectivity index (χ4v) is 2.65. The predicted octanol–water partition coefficient (Wildman–Crippen LogP) is 2.70. The summed E-state index contributed by atoms with van der Waals surface area (Å²) in [5, 5.41) is 7.66. The lowest BCUT2D eigenvalue weighted by Crippen LogP contribution is -2.14. The molecule has 0 aromatic heterocycles. The molecule has 5 nitrogen and oxygen atoms in total. The minimum Gasteiger partial charge on any atom is -0.398 e. The van der Waals surface area contributed by atoms with Crippen molar-refractivity contribution in [3.63, 3.8) is 0 Å². The standard InChI is InChI=1S/C12H10BrF2N3O2S/c13-7-4-11(9(15)5-8(7)14)18-6-1-2-12(10(16)3-6)21(17,19)20/h1-5,18H,16H2,(H2,17,19,20). The molecule has 0 aliphatic heterocycles. The SMILES string of the molecule is Nc1cc(Nc2cc(Br)c(F)cc2F)ccc1S(N)(=O)=O. The lowest BCUT2D eigenvalue weighted by Gasteiger charge is -2.11. The van der Waals surface area contributed by atoms with Crippen LogP contribution in [0.2, 0.25) is 0 Å². The fraction of sp³-hybridized carbons (Fsp3) is 0. The zero-order valence-corrected chi connectivity index (χ0v) is 12.8. The van der Waals surface area contributed by atoms with Gasteiger partial charge in [-0.2, -0.15) is 0 Å². The number of primary sulfonamides is 1. The first kappa shape index (κ1) is 15.7. The number of rotatable bonds is 3. The van der Waals surface area contributed by atoms with E-state index in [0.29, 0.717) is 11.8 Å². The van der Waals surface area contributed by atoms with Gasteiger partial charge in [-0.1, -0.05) is 0 Å². The Morgan fingerprint density at radius 2 is 1.76 bits per heavy atom. The Labute approximate surface area is 128 Å². The first-order valence-electron chi connectivity index (χ1n) is 5.52. The van der Waals surface area contributed by atoms with Crippen molar-refractivity contribution in [3.8, 4) is 0 Å². The van der Waals surface area contributed by atoms with E-state index >= 15 is 0 Å². The van der Waals surface area contributed by atoms with E-state index in [1.54, 1.807) is 0 Å². The Balaban J connectivity index is 2.38. The van der Waals surface area contributed by atoms with E-state index in [1.165, 1.54) is 24.3 Å². The minimum atomic E-state index is -3.93. The van der Waals surface area contributed by atoms with Gasteiger partial charge in [-0.25, -0.2) is 22.3 Å². The van der Waals surface area contributed by atoms with Gasteiger partial charge in [0.25, 0.3) is 0 Å². The Kier molecular flexibility index (Phi) is 4.17. The van der Waals surface area contributed by atoms with Crippen molar-refractivity contribution in [2.24, 2.45) is 5.14 Å². The fourth-order valence-electron chi connectivity index (χ4n) is 1.66. The number of anilines is 3. The van der Waals surface area contributed by atoms with Crippen LogP contribution < -0.4 is 16.2 Å². The summed E-state index contributed by atoms with van der Waals surface area (Å²) in [5.74, 6) is -1.54. The first-order valence-corrected chi connectivity index (χ1v) is 7.86. The molecule has 0 spiro atoms. The Morgan fingerprint density at radius 1 is 1.10 bits per heavy atom. The van der Waals surface area contributed by atoms with Crippen molar-refractivity contribution in [1.82, 2.24) is 0 Å². The first-order chi connectivity index (χ1) is 9.68. The van der Waals surface area contributed by atoms with Gasteiger partial charge in [-0.15, -0.1) is 0 Å². The maximum Gasteiger partial charge on any atom is 0.240 e. The highest BCUT2D eigenvalue weighted by Gasteiger charge is 2.13. The third-order valence-corrected chi connectivity index (χ3v) is 4.20. The minimum absolute atomic E-state index is 0.00558. The molecule has 0 unspecified atom stereocenters. The molecule has 0 fully saturated rings. The highest BCUT2D eigenvalue weighted by atomic mass is 79.9. The van der Waals surface area contributed by atoms with Gasteiger partial charge in [0, 0.05) is 11.8 Å². The average Bonchev–Trinajstić information content (AvgIpc) is 2.34. The Morgan fingerprint density at radius 3 is 2.33 bits per heavy atom. The molecule has 9 heteroatoms. The molecule has 2 aromatic rings. The molecule has 2 aromatic carbocycles. The second-order valence-corrected chi connectivity index (χ2v) is 6.55. The normalized spacial score (nSPS) is 11.4. The predicted molar refractivity (Wildman–Crippen MR) is 79.6 cm³/mol. The molecule has 21 heavy (non-hydrogen) atoms. The molecule has 0 amide bonds. The van der Waals surface area contributed by atoms with Crippen molar-refractivity contribution in [1.29, 1.82) is 0 Å². The number of benzene rings is 2. The molecule has 0 bridgehead atoms. The number of nitrogens with two attached hydrogens (primary N) is 2. The van der Waals surface area contributed by atoms with Crippen molar-refractivity contribution >= 4 is 43.0 Å². The molecular formula is C12H10BrF2N3O2S. The van der Waals surface area contributed by atoms with Gasteiger partial charge >= 0.3 is 0 Å². The topological polar surface area (TPSA) is 98.2 Å². The van der Waals surface area contributed by atoms with Crippen LogP contribution in [0.1, 0.15) is 0 Å². The van der Waals surface area contributed by atoms with Crippen molar-refractivity contribution < 1.29 is 17.2 Å². The third kappa shape index (κ3) is 3.49. The number of nitrogens with one attached hydrogen (secondary N) is 1. The Hall–Kier alpha value is -1.71. The number of hydrogen-bond donors (Lipinski definition) is 3. The Bertz CT molecular complexity index is 812. The molecule has 0 saturated heterocycles. The summed E-state index contributed by atoms with van der Waals surface area (Å²) >= 11 is 2.94. The second-order valence-electron chi connectivity index (χ2n) is 4.17. The number of sulfonamides is 1. The number of halogens is 3. The summed E-state index contributed by atoms with van der Waals surface area (Å²) in [6.07, 6.45) is 0. The van der Waals surface area contributed by atoms with Crippen LogP contribution in [0.25, 0.3) is 0 Å². The van der Waals surface area contributed by atoms with Crippen LogP contribution in [0.4, 0.5) is 25.8 Å². The third-order valence-electron chi connectivity index (χ3n) is 2.61. The largest absolute Gasteiger partial charge is 0.398 e. The molecule has 0 aliphatic rings. The van der Waals surface area contributed by atoms with Crippen LogP contribution in [-0.2, 0) is 10.0 Å². The number of nitrogen functional groups attached to an aromatic ring is 1. The van der Waals surface area contributed by atoms with E-state index in [2.05, 4.69) is 21.2 Å². The summed E-state index contributed by atoms with van der Waals surface area (Å²) < 4.78 is 49.3. The number of hydrogen-bond acceptors (Lipinski definition) is 4. The summed E-state index contributed by atoms with van der Waals surface area (Å²) in [6.45, 7) is 0. The maximum absolute atomic E-state index is 13.6. The zero-order valence-electron chi connectivity index (χ0n) is 10.4. The summed E-state index contributed by atoms with van der Waals surface area (Å²) in [4.78, 5) is -0.228. The van der Waals surface area contributed by atoms with Crippen molar-refractivity contribution in [3.05, 3.63) is 46.4 Å². The molecule has 0 radical (unpaired) electrons. The van der Waals surface area contributed by atoms with Gasteiger partial charge in [-0.3, -0.25) is 0 Å². The van der Waals surface area contributed by atoms with E-state index in [-0.39, 0.29) is 20.7 Å².